The Labute approximate surface area is 80.7 Å². The zero-order valence-electron chi connectivity index (χ0n) is 7.09. The van der Waals surface area contributed by atoms with Crippen molar-refractivity contribution >= 4 is 10.1 Å². The van der Waals surface area contributed by atoms with Crippen molar-refractivity contribution < 1.29 is 22.5 Å². The van der Waals surface area contributed by atoms with Crippen molar-refractivity contribution in [3.8, 4) is 0 Å². The molecule has 1 unspecified atom stereocenters. The number of benzene rings is 1. The average Bonchev–Trinajstić information content (AvgIpc) is 2.01. The van der Waals surface area contributed by atoms with Gasteiger partial charge >= 0.3 is 0 Å². The van der Waals surface area contributed by atoms with Crippen molar-refractivity contribution in [1.82, 2.24) is 0 Å². The number of halogens is 1. The van der Waals surface area contributed by atoms with E-state index in [1.165, 1.54) is 18.2 Å². The lowest BCUT2D eigenvalue weighted by atomic mass is 10.1. The summed E-state index contributed by atoms with van der Waals surface area (Å²) >= 11 is 0. The van der Waals surface area contributed by atoms with Gasteiger partial charge in [0, 0.05) is 5.56 Å². The van der Waals surface area contributed by atoms with E-state index in [0.29, 0.717) is 0 Å². The summed E-state index contributed by atoms with van der Waals surface area (Å²) in [5.41, 5.74) is -0.148. The zero-order chi connectivity index (χ0) is 10.8. The average molecular weight is 220 g/mol. The number of hydrogen-bond acceptors (Lipinski definition) is 3. The third-order valence-electron chi connectivity index (χ3n) is 1.63. The van der Waals surface area contributed by atoms with Gasteiger partial charge in [-0.25, -0.2) is 4.39 Å². The van der Waals surface area contributed by atoms with Crippen LogP contribution >= 0.6 is 0 Å². The van der Waals surface area contributed by atoms with Gasteiger partial charge in [-0.3, -0.25) is 4.55 Å². The van der Waals surface area contributed by atoms with E-state index in [9.17, 15) is 17.9 Å². The molecule has 1 aromatic rings. The number of hydrogen-bond donors (Lipinski definition) is 2. The smallest absolute Gasteiger partial charge is 0.267 e. The lowest BCUT2D eigenvalue weighted by molar-refractivity contribution is 0.194. The molecule has 0 aliphatic carbocycles. The van der Waals surface area contributed by atoms with E-state index >= 15 is 0 Å². The number of rotatable bonds is 3. The van der Waals surface area contributed by atoms with Crippen LogP contribution in [0.1, 0.15) is 11.7 Å². The molecule has 2 N–H and O–H groups in total. The third-order valence-corrected chi connectivity index (χ3v) is 2.37. The van der Waals surface area contributed by atoms with Gasteiger partial charge in [-0.1, -0.05) is 18.2 Å². The SMILES string of the molecule is O=S(=O)(O)CC(O)c1ccccc1F. The van der Waals surface area contributed by atoms with E-state index in [1.807, 2.05) is 0 Å². The maximum Gasteiger partial charge on any atom is 0.267 e. The second-order valence-corrected chi connectivity index (χ2v) is 4.28. The van der Waals surface area contributed by atoms with Crippen molar-refractivity contribution in [1.29, 1.82) is 0 Å². The van der Waals surface area contributed by atoms with Crippen molar-refractivity contribution in [3.63, 3.8) is 0 Å². The Hall–Kier alpha value is -0.980. The molecule has 14 heavy (non-hydrogen) atoms. The lowest BCUT2D eigenvalue weighted by Crippen LogP contribution is -2.14. The summed E-state index contributed by atoms with van der Waals surface area (Å²) < 4.78 is 42.2. The maximum atomic E-state index is 13.0. The number of aliphatic hydroxyl groups is 1. The predicted molar refractivity (Wildman–Crippen MR) is 47.8 cm³/mol. The molecule has 6 heteroatoms. The fraction of sp³-hybridized carbons (Fsp3) is 0.250. The summed E-state index contributed by atoms with van der Waals surface area (Å²) in [7, 11) is -4.30. The molecule has 0 fully saturated rings. The molecule has 0 heterocycles. The Morgan fingerprint density at radius 2 is 1.93 bits per heavy atom. The van der Waals surface area contributed by atoms with E-state index in [0.717, 1.165) is 6.07 Å². The molecule has 0 spiro atoms. The van der Waals surface area contributed by atoms with Crippen LogP contribution in [-0.4, -0.2) is 23.8 Å². The molecule has 0 radical (unpaired) electrons. The molecule has 1 rings (SSSR count). The van der Waals surface area contributed by atoms with Crippen molar-refractivity contribution in [2.75, 3.05) is 5.75 Å². The van der Waals surface area contributed by atoms with Crippen LogP contribution in [0.2, 0.25) is 0 Å². The Morgan fingerprint density at radius 1 is 1.36 bits per heavy atom. The fourth-order valence-electron chi connectivity index (χ4n) is 1.03. The van der Waals surface area contributed by atoms with Gasteiger partial charge in [0.15, 0.2) is 0 Å². The van der Waals surface area contributed by atoms with Gasteiger partial charge in [0.2, 0.25) is 0 Å². The van der Waals surface area contributed by atoms with Crippen LogP contribution < -0.4 is 0 Å². The quantitative estimate of drug-likeness (QED) is 0.737. The highest BCUT2D eigenvalue weighted by molar-refractivity contribution is 7.85. The van der Waals surface area contributed by atoms with Gasteiger partial charge < -0.3 is 5.11 Å². The molecule has 0 saturated carbocycles. The van der Waals surface area contributed by atoms with Crippen LogP contribution in [0.5, 0.6) is 0 Å². The van der Waals surface area contributed by atoms with Crippen molar-refractivity contribution in [2.45, 2.75) is 6.10 Å². The molecule has 0 aromatic heterocycles. The van der Waals surface area contributed by atoms with Crippen molar-refractivity contribution in [2.24, 2.45) is 0 Å². The van der Waals surface area contributed by atoms with E-state index in [1.54, 1.807) is 0 Å². The molecule has 1 atom stereocenters. The first kappa shape index (κ1) is 11.1. The van der Waals surface area contributed by atoms with E-state index in [2.05, 4.69) is 0 Å². The summed E-state index contributed by atoms with van der Waals surface area (Å²) in [6.45, 7) is 0. The van der Waals surface area contributed by atoms with Gasteiger partial charge in [-0.2, -0.15) is 8.42 Å². The molecule has 0 amide bonds. The van der Waals surface area contributed by atoms with Crippen molar-refractivity contribution in [3.05, 3.63) is 35.6 Å². The van der Waals surface area contributed by atoms with E-state index < -0.39 is 27.8 Å². The van der Waals surface area contributed by atoms with E-state index in [4.69, 9.17) is 4.55 Å². The second-order valence-electron chi connectivity index (χ2n) is 2.79. The van der Waals surface area contributed by atoms with Crippen LogP contribution in [0.3, 0.4) is 0 Å². The van der Waals surface area contributed by atoms with Gasteiger partial charge in [-0.05, 0) is 6.07 Å². The molecule has 0 aliphatic heterocycles. The van der Waals surface area contributed by atoms with Crippen LogP contribution in [0.25, 0.3) is 0 Å². The Bertz CT molecular complexity index is 415. The molecule has 1 aromatic carbocycles. The summed E-state index contributed by atoms with van der Waals surface area (Å²) in [6, 6.07) is 5.23. The van der Waals surface area contributed by atoms with Gasteiger partial charge in [0.1, 0.15) is 11.6 Å². The topological polar surface area (TPSA) is 74.6 Å². The Balaban J connectivity index is 2.90. The molecule has 4 nitrogen and oxygen atoms in total. The summed E-state index contributed by atoms with van der Waals surface area (Å²) in [5, 5.41) is 9.26. The number of aliphatic hydroxyl groups excluding tert-OH is 1. The first-order valence-electron chi connectivity index (χ1n) is 3.78. The summed E-state index contributed by atoms with van der Waals surface area (Å²) in [6.07, 6.45) is -1.55. The van der Waals surface area contributed by atoms with Crippen LogP contribution in [0, 0.1) is 5.82 Å². The minimum atomic E-state index is -4.30. The van der Waals surface area contributed by atoms with Gasteiger partial charge in [-0.15, -0.1) is 0 Å². The van der Waals surface area contributed by atoms with Crippen LogP contribution in [0.4, 0.5) is 4.39 Å². The first-order chi connectivity index (χ1) is 6.40. The minimum absolute atomic E-state index is 0.148. The van der Waals surface area contributed by atoms with Gasteiger partial charge in [0.05, 0.1) is 6.10 Å². The standard InChI is InChI=1S/C8H9FO4S/c9-7-4-2-1-3-6(7)8(10)5-14(11,12)13/h1-4,8,10H,5H2,(H,11,12,13). The van der Waals surface area contributed by atoms with Crippen LogP contribution in [-0.2, 0) is 10.1 Å². The first-order valence-corrected chi connectivity index (χ1v) is 5.39. The largest absolute Gasteiger partial charge is 0.387 e. The minimum Gasteiger partial charge on any atom is -0.387 e. The molecule has 0 aliphatic rings. The third kappa shape index (κ3) is 3.06. The van der Waals surface area contributed by atoms with E-state index in [-0.39, 0.29) is 5.56 Å². The normalized spacial score (nSPS) is 13.9. The highest BCUT2D eigenvalue weighted by atomic mass is 32.2. The maximum absolute atomic E-state index is 13.0. The van der Waals surface area contributed by atoms with Gasteiger partial charge in [0.25, 0.3) is 10.1 Å². The second kappa shape index (κ2) is 4.04. The Morgan fingerprint density at radius 3 is 2.43 bits per heavy atom. The zero-order valence-corrected chi connectivity index (χ0v) is 7.91. The van der Waals surface area contributed by atoms with Crippen LogP contribution in [0.15, 0.2) is 24.3 Å². The molecule has 0 bridgehead atoms. The molecule has 78 valence electrons. The summed E-state index contributed by atoms with van der Waals surface area (Å²) in [4.78, 5) is 0. The molecule has 0 saturated heterocycles. The molecular formula is C8H9FO4S. The Kier molecular flexibility index (Phi) is 3.20. The fourth-order valence-corrected chi connectivity index (χ4v) is 1.61. The summed E-state index contributed by atoms with van der Waals surface area (Å²) in [5.74, 6) is -1.61. The highest BCUT2D eigenvalue weighted by Gasteiger charge is 2.18. The molecular weight excluding hydrogens is 211 g/mol. The monoisotopic (exact) mass is 220 g/mol. The highest BCUT2D eigenvalue weighted by Crippen LogP contribution is 2.17. The lowest BCUT2D eigenvalue weighted by Gasteiger charge is -2.09. The predicted octanol–water partition coefficient (Wildman–Crippen LogP) is 0.747.